The summed E-state index contributed by atoms with van der Waals surface area (Å²) in [5.74, 6) is -0.759. The van der Waals surface area contributed by atoms with E-state index in [0.717, 1.165) is 44.7 Å². The van der Waals surface area contributed by atoms with Gasteiger partial charge in [0, 0.05) is 0 Å². The van der Waals surface area contributed by atoms with E-state index >= 15 is 0 Å². The van der Waals surface area contributed by atoms with Gasteiger partial charge in [0.05, 0.1) is 19.3 Å². The Hall–Kier alpha value is -1.47. The molecule has 0 aliphatic rings. The van der Waals surface area contributed by atoms with Crippen LogP contribution in [0.2, 0.25) is 0 Å². The molecule has 0 radical (unpaired) electrons. The molecule has 1 aromatic rings. The van der Waals surface area contributed by atoms with Gasteiger partial charge in [-0.15, -0.1) is 12.4 Å². The van der Waals surface area contributed by atoms with Crippen LogP contribution in [0.15, 0.2) is 18.2 Å². The Labute approximate surface area is 133 Å². The number of carbonyl (C=O) groups is 1. The van der Waals surface area contributed by atoms with Crippen LogP contribution in [0.3, 0.4) is 0 Å². The van der Waals surface area contributed by atoms with Crippen molar-refractivity contribution in [2.45, 2.75) is 19.0 Å². The topological polar surface area (TPSA) is 47.6 Å². The highest BCUT2D eigenvalue weighted by Crippen LogP contribution is 2.32. The molecule has 0 amide bonds. The zero-order chi connectivity index (χ0) is 15.9. The Morgan fingerprint density at radius 1 is 1.27 bits per heavy atom. The summed E-state index contributed by atoms with van der Waals surface area (Å²) >= 11 is 0. The lowest BCUT2D eigenvalue weighted by Crippen LogP contribution is -2.12. The number of ether oxygens (including phenoxy) is 2. The van der Waals surface area contributed by atoms with E-state index in [2.05, 4.69) is 10.1 Å². The van der Waals surface area contributed by atoms with Crippen LogP contribution >= 0.6 is 12.4 Å². The van der Waals surface area contributed by atoms with E-state index < -0.39 is 17.7 Å². The highest BCUT2D eigenvalue weighted by molar-refractivity contribution is 5.92. The van der Waals surface area contributed by atoms with Gasteiger partial charge >= 0.3 is 12.1 Å². The molecule has 0 saturated heterocycles. The Morgan fingerprint density at radius 2 is 1.95 bits per heavy atom. The van der Waals surface area contributed by atoms with Crippen molar-refractivity contribution >= 4 is 18.4 Å². The van der Waals surface area contributed by atoms with Crippen molar-refractivity contribution < 1.29 is 27.4 Å². The van der Waals surface area contributed by atoms with Crippen LogP contribution in [0.1, 0.15) is 28.8 Å². The molecule has 0 aliphatic carbocycles. The van der Waals surface area contributed by atoms with Gasteiger partial charge < -0.3 is 14.8 Å². The molecule has 22 heavy (non-hydrogen) atoms. The van der Waals surface area contributed by atoms with Crippen molar-refractivity contribution in [2.24, 2.45) is 0 Å². The second-order valence-electron chi connectivity index (χ2n) is 4.36. The molecule has 0 saturated carbocycles. The monoisotopic (exact) mass is 341 g/mol. The number of esters is 1. The summed E-state index contributed by atoms with van der Waals surface area (Å²) in [7, 11) is 2.94. The highest BCUT2D eigenvalue weighted by atomic mass is 35.5. The Morgan fingerprint density at radius 3 is 2.50 bits per heavy atom. The van der Waals surface area contributed by atoms with Crippen LogP contribution in [0, 0.1) is 0 Å². The third kappa shape index (κ3) is 6.11. The van der Waals surface area contributed by atoms with Crippen LogP contribution in [0.4, 0.5) is 13.2 Å². The van der Waals surface area contributed by atoms with Gasteiger partial charge in [0.2, 0.25) is 0 Å². The number of alkyl halides is 3. The van der Waals surface area contributed by atoms with Crippen LogP contribution in [-0.4, -0.2) is 33.3 Å². The maximum absolute atomic E-state index is 12.7. The molecule has 126 valence electrons. The summed E-state index contributed by atoms with van der Waals surface area (Å²) in [6, 6.07) is 2.78. The summed E-state index contributed by atoms with van der Waals surface area (Å²) in [5, 5.41) is 2.97. The van der Waals surface area contributed by atoms with E-state index in [-0.39, 0.29) is 23.7 Å². The summed E-state index contributed by atoms with van der Waals surface area (Å²) in [6.45, 7) is 1.14. The van der Waals surface area contributed by atoms with Crippen LogP contribution < -0.4 is 10.1 Å². The van der Waals surface area contributed by atoms with Gasteiger partial charge in [-0.3, -0.25) is 0 Å². The average Bonchev–Trinajstić information content (AvgIpc) is 2.45. The first kappa shape index (κ1) is 20.5. The second-order valence-corrected chi connectivity index (χ2v) is 4.36. The molecule has 0 aromatic heterocycles. The Balaban J connectivity index is 0.00000441. The van der Waals surface area contributed by atoms with Gasteiger partial charge in [-0.25, -0.2) is 4.79 Å². The van der Waals surface area contributed by atoms with E-state index in [4.69, 9.17) is 4.74 Å². The first-order valence-corrected chi connectivity index (χ1v) is 6.47. The minimum atomic E-state index is -4.52. The number of unbranched alkanes of at least 4 members (excludes halogenated alkanes) is 1. The fourth-order valence-corrected chi connectivity index (χ4v) is 1.69. The molecule has 0 heterocycles. The standard InChI is InChI=1S/C14H18F3NO3.ClH/c1-18-7-3-4-8-21-12-6-5-10(14(15,16)17)9-11(12)13(19)20-2;/h5-6,9,18H,3-4,7-8H2,1-2H3;1H. The van der Waals surface area contributed by atoms with Gasteiger partial charge in [0.25, 0.3) is 0 Å². The van der Waals surface area contributed by atoms with Gasteiger partial charge in [0.15, 0.2) is 0 Å². The summed E-state index contributed by atoms with van der Waals surface area (Å²) in [4.78, 5) is 11.6. The zero-order valence-electron chi connectivity index (χ0n) is 12.3. The smallest absolute Gasteiger partial charge is 0.416 e. The first-order chi connectivity index (χ1) is 9.90. The number of nitrogens with one attached hydrogen (secondary N) is 1. The molecule has 0 atom stereocenters. The van der Waals surface area contributed by atoms with Crippen molar-refractivity contribution in [3.63, 3.8) is 0 Å². The van der Waals surface area contributed by atoms with E-state index in [1.54, 1.807) is 0 Å². The molecular formula is C14H19ClF3NO3. The normalized spacial score (nSPS) is 10.8. The van der Waals surface area contributed by atoms with Crippen LogP contribution in [0.25, 0.3) is 0 Å². The molecule has 0 bridgehead atoms. The number of hydrogen-bond acceptors (Lipinski definition) is 4. The summed E-state index contributed by atoms with van der Waals surface area (Å²) in [5.41, 5.74) is -1.13. The lowest BCUT2D eigenvalue weighted by atomic mass is 10.1. The molecular weight excluding hydrogens is 323 g/mol. The largest absolute Gasteiger partial charge is 0.493 e. The first-order valence-electron chi connectivity index (χ1n) is 6.47. The van der Waals surface area contributed by atoms with Crippen molar-refractivity contribution in [2.75, 3.05) is 27.3 Å². The number of halogens is 4. The van der Waals surface area contributed by atoms with Crippen molar-refractivity contribution in [1.29, 1.82) is 0 Å². The second kappa shape index (κ2) is 9.53. The van der Waals surface area contributed by atoms with Gasteiger partial charge in [-0.1, -0.05) is 0 Å². The predicted octanol–water partition coefficient (Wildman–Crippen LogP) is 3.29. The van der Waals surface area contributed by atoms with E-state index in [1.165, 1.54) is 0 Å². The molecule has 8 heteroatoms. The molecule has 4 nitrogen and oxygen atoms in total. The van der Waals surface area contributed by atoms with E-state index in [0.29, 0.717) is 6.61 Å². The van der Waals surface area contributed by atoms with Gasteiger partial charge in [-0.2, -0.15) is 13.2 Å². The number of methoxy groups -OCH3 is 1. The molecule has 0 unspecified atom stereocenters. The SMILES string of the molecule is CNCCCCOc1ccc(C(F)(F)F)cc1C(=O)OC.Cl. The van der Waals surface area contributed by atoms with Crippen molar-refractivity contribution in [3.05, 3.63) is 29.3 Å². The lowest BCUT2D eigenvalue weighted by Gasteiger charge is -2.13. The van der Waals surface area contributed by atoms with Crippen LogP contribution in [0.5, 0.6) is 5.75 Å². The maximum Gasteiger partial charge on any atom is 0.416 e. The third-order valence-electron chi connectivity index (χ3n) is 2.79. The lowest BCUT2D eigenvalue weighted by molar-refractivity contribution is -0.137. The van der Waals surface area contributed by atoms with Crippen molar-refractivity contribution in [1.82, 2.24) is 5.32 Å². The number of benzene rings is 1. The quantitative estimate of drug-likeness (QED) is 0.610. The zero-order valence-corrected chi connectivity index (χ0v) is 13.1. The van der Waals surface area contributed by atoms with Crippen molar-refractivity contribution in [3.8, 4) is 5.75 Å². The molecule has 0 aliphatic heterocycles. The Kier molecular flexibility index (Phi) is 8.89. The Bertz CT molecular complexity index is 481. The predicted molar refractivity (Wildman–Crippen MR) is 78.7 cm³/mol. The number of carbonyl (C=O) groups excluding carboxylic acids is 1. The molecule has 1 rings (SSSR count). The number of hydrogen-bond donors (Lipinski definition) is 1. The minimum absolute atomic E-state index is 0. The van der Waals surface area contributed by atoms with Gasteiger partial charge in [-0.05, 0) is 44.6 Å². The molecule has 0 fully saturated rings. The highest BCUT2D eigenvalue weighted by Gasteiger charge is 2.32. The third-order valence-corrected chi connectivity index (χ3v) is 2.79. The molecule has 1 N–H and O–H groups in total. The average molecular weight is 342 g/mol. The molecule has 0 spiro atoms. The minimum Gasteiger partial charge on any atom is -0.493 e. The maximum atomic E-state index is 12.7. The fourth-order valence-electron chi connectivity index (χ4n) is 1.69. The number of rotatable bonds is 7. The summed E-state index contributed by atoms with van der Waals surface area (Å²) in [6.07, 6.45) is -2.93. The van der Waals surface area contributed by atoms with E-state index in [1.807, 2.05) is 7.05 Å². The van der Waals surface area contributed by atoms with Gasteiger partial charge in [0.1, 0.15) is 11.3 Å². The molecule has 1 aromatic carbocycles. The fraction of sp³-hybridized carbons (Fsp3) is 0.500. The summed E-state index contributed by atoms with van der Waals surface area (Å²) < 4.78 is 47.8. The van der Waals surface area contributed by atoms with Crippen LogP contribution in [-0.2, 0) is 10.9 Å². The van der Waals surface area contributed by atoms with E-state index in [9.17, 15) is 18.0 Å².